The number of carbonyl (C=O) groups excluding carboxylic acids is 1. The second-order valence-electron chi connectivity index (χ2n) is 4.94. The third-order valence-electron chi connectivity index (χ3n) is 3.27. The first-order chi connectivity index (χ1) is 10.1. The Bertz CT molecular complexity index is 621. The van der Waals surface area contributed by atoms with Gasteiger partial charge in [0, 0.05) is 0 Å². The maximum Gasteiger partial charge on any atom is 0.252 e. The summed E-state index contributed by atoms with van der Waals surface area (Å²) in [6.45, 7) is 2.17. The molecule has 4 nitrogen and oxygen atoms in total. The van der Waals surface area contributed by atoms with Crippen molar-refractivity contribution < 1.29 is 9.53 Å². The molecule has 0 bridgehead atoms. The molecule has 21 heavy (non-hydrogen) atoms. The monoisotopic (exact) mass is 284 g/mol. The maximum atomic E-state index is 11.4. The summed E-state index contributed by atoms with van der Waals surface area (Å²) in [7, 11) is 0. The van der Waals surface area contributed by atoms with Gasteiger partial charge in [-0.3, -0.25) is 4.79 Å². The largest absolute Gasteiger partial charge is 0.454 e. The maximum absolute atomic E-state index is 11.4. The lowest BCUT2D eigenvalue weighted by Crippen LogP contribution is -2.13. The third kappa shape index (κ3) is 3.75. The number of aryl methyl sites for hydroxylation is 1. The minimum Gasteiger partial charge on any atom is -0.454 e. The summed E-state index contributed by atoms with van der Waals surface area (Å²) in [6.07, 6.45) is 3.38. The second kappa shape index (κ2) is 6.79. The average Bonchev–Trinajstić information content (AvgIpc) is 2.48. The fourth-order valence-corrected chi connectivity index (χ4v) is 2.09. The number of ether oxygens (including phenoxy) is 1. The predicted octanol–water partition coefficient (Wildman–Crippen LogP) is 3.50. The van der Waals surface area contributed by atoms with E-state index < -0.39 is 5.91 Å². The van der Waals surface area contributed by atoms with Crippen LogP contribution in [0.25, 0.3) is 0 Å². The summed E-state index contributed by atoms with van der Waals surface area (Å²) in [5.74, 6) is 0.388. The van der Waals surface area contributed by atoms with Gasteiger partial charge in [-0.1, -0.05) is 31.5 Å². The fourth-order valence-electron chi connectivity index (χ4n) is 2.09. The van der Waals surface area contributed by atoms with Crippen LogP contribution >= 0.6 is 0 Å². The molecule has 0 saturated heterocycles. The summed E-state index contributed by atoms with van der Waals surface area (Å²) in [5.41, 5.74) is 13.1. The van der Waals surface area contributed by atoms with Gasteiger partial charge in [-0.05, 0) is 42.7 Å². The zero-order chi connectivity index (χ0) is 15.2. The van der Waals surface area contributed by atoms with Gasteiger partial charge in [0.15, 0.2) is 5.75 Å². The number of nitrogen functional groups attached to an aromatic ring is 1. The zero-order valence-electron chi connectivity index (χ0n) is 12.1. The van der Waals surface area contributed by atoms with Crippen LogP contribution in [0, 0.1) is 0 Å². The highest BCUT2D eigenvalue weighted by Gasteiger charge is 2.13. The molecule has 2 aromatic carbocycles. The number of unbranched alkanes of at least 4 members (excludes halogenated alkanes) is 1. The zero-order valence-corrected chi connectivity index (χ0v) is 12.1. The van der Waals surface area contributed by atoms with Crippen LogP contribution < -0.4 is 16.2 Å². The summed E-state index contributed by atoms with van der Waals surface area (Å²) >= 11 is 0. The van der Waals surface area contributed by atoms with Crippen LogP contribution in [-0.2, 0) is 6.42 Å². The van der Waals surface area contributed by atoms with E-state index in [0.717, 1.165) is 12.8 Å². The molecular formula is C17H20N2O2. The van der Waals surface area contributed by atoms with Crippen molar-refractivity contribution in [3.05, 3.63) is 53.6 Å². The molecule has 0 heterocycles. The van der Waals surface area contributed by atoms with Crippen molar-refractivity contribution in [3.8, 4) is 11.5 Å². The van der Waals surface area contributed by atoms with Crippen molar-refractivity contribution in [2.45, 2.75) is 26.2 Å². The number of rotatable bonds is 6. The van der Waals surface area contributed by atoms with Crippen molar-refractivity contribution >= 4 is 11.6 Å². The van der Waals surface area contributed by atoms with Crippen LogP contribution in [0.4, 0.5) is 5.69 Å². The van der Waals surface area contributed by atoms with Crippen LogP contribution in [0.1, 0.15) is 35.7 Å². The Morgan fingerprint density at radius 1 is 1.14 bits per heavy atom. The van der Waals surface area contributed by atoms with Crippen molar-refractivity contribution in [2.24, 2.45) is 5.73 Å². The molecule has 0 aliphatic rings. The van der Waals surface area contributed by atoms with Crippen molar-refractivity contribution in [1.82, 2.24) is 0 Å². The highest BCUT2D eigenvalue weighted by molar-refractivity contribution is 5.97. The number of hydrogen-bond donors (Lipinski definition) is 2. The van der Waals surface area contributed by atoms with Crippen LogP contribution in [0.2, 0.25) is 0 Å². The highest BCUT2D eigenvalue weighted by Crippen LogP contribution is 2.31. The number of nitrogens with two attached hydrogens (primary N) is 2. The number of hydrogen-bond acceptors (Lipinski definition) is 3. The molecule has 0 aromatic heterocycles. The van der Waals surface area contributed by atoms with Crippen molar-refractivity contribution in [1.29, 1.82) is 0 Å². The summed E-state index contributed by atoms with van der Waals surface area (Å²) < 4.78 is 5.74. The second-order valence-corrected chi connectivity index (χ2v) is 4.94. The number of primary amides is 1. The average molecular weight is 284 g/mol. The molecule has 4 heteroatoms. The minimum atomic E-state index is -0.558. The Kier molecular flexibility index (Phi) is 4.82. The van der Waals surface area contributed by atoms with Crippen LogP contribution in [0.5, 0.6) is 11.5 Å². The molecule has 0 radical (unpaired) electrons. The number of benzene rings is 2. The van der Waals surface area contributed by atoms with E-state index in [0.29, 0.717) is 17.2 Å². The van der Waals surface area contributed by atoms with Gasteiger partial charge in [-0.25, -0.2) is 0 Å². The molecule has 0 spiro atoms. The van der Waals surface area contributed by atoms with Crippen molar-refractivity contribution in [3.63, 3.8) is 0 Å². The molecule has 0 aliphatic heterocycles. The number of amides is 1. The van der Waals surface area contributed by atoms with Gasteiger partial charge in [0.1, 0.15) is 5.75 Å². The molecule has 2 aromatic rings. The third-order valence-corrected chi connectivity index (χ3v) is 3.27. The Balaban J connectivity index is 2.20. The standard InChI is InChI=1S/C17H20N2O2/c1-2-3-5-12-8-10-13(11-9-12)21-16-14(17(19)20)6-4-7-15(16)18/h4,6-11H,2-3,5,18H2,1H3,(H2,19,20). The minimum absolute atomic E-state index is 0.282. The van der Waals surface area contributed by atoms with Gasteiger partial charge in [-0.15, -0.1) is 0 Å². The Hall–Kier alpha value is -2.49. The smallest absolute Gasteiger partial charge is 0.252 e. The summed E-state index contributed by atoms with van der Waals surface area (Å²) in [4.78, 5) is 11.4. The van der Waals surface area contributed by atoms with Crippen molar-refractivity contribution in [2.75, 3.05) is 5.73 Å². The summed E-state index contributed by atoms with van der Waals surface area (Å²) in [5, 5.41) is 0. The van der Waals surface area contributed by atoms with Gasteiger partial charge < -0.3 is 16.2 Å². The molecular weight excluding hydrogens is 264 g/mol. The quantitative estimate of drug-likeness (QED) is 0.797. The van der Waals surface area contributed by atoms with Gasteiger partial charge in [0.25, 0.3) is 5.91 Å². The molecule has 0 aliphatic carbocycles. The molecule has 0 fully saturated rings. The van der Waals surface area contributed by atoms with E-state index in [1.165, 1.54) is 12.0 Å². The predicted molar refractivity (Wildman–Crippen MR) is 84.5 cm³/mol. The van der Waals surface area contributed by atoms with Crippen LogP contribution in [-0.4, -0.2) is 5.91 Å². The van der Waals surface area contributed by atoms with Gasteiger partial charge in [-0.2, -0.15) is 0 Å². The van der Waals surface area contributed by atoms with Gasteiger partial charge in [0.05, 0.1) is 11.3 Å². The van der Waals surface area contributed by atoms with E-state index in [1.807, 2.05) is 24.3 Å². The van der Waals surface area contributed by atoms with Crippen LogP contribution in [0.3, 0.4) is 0 Å². The normalized spacial score (nSPS) is 10.3. The SMILES string of the molecule is CCCCc1ccc(Oc2c(N)cccc2C(N)=O)cc1. The van der Waals surface area contributed by atoms with E-state index in [-0.39, 0.29) is 5.56 Å². The lowest BCUT2D eigenvalue weighted by molar-refractivity contribution is 0.0998. The first-order valence-corrected chi connectivity index (χ1v) is 7.07. The number of anilines is 1. The van der Waals surface area contributed by atoms with E-state index in [4.69, 9.17) is 16.2 Å². The van der Waals surface area contributed by atoms with E-state index in [1.54, 1.807) is 18.2 Å². The van der Waals surface area contributed by atoms with E-state index in [9.17, 15) is 4.79 Å². The molecule has 0 unspecified atom stereocenters. The summed E-state index contributed by atoms with van der Waals surface area (Å²) in [6, 6.07) is 12.8. The molecule has 110 valence electrons. The number of para-hydroxylation sites is 1. The molecule has 1 amide bonds. The highest BCUT2D eigenvalue weighted by atomic mass is 16.5. The lowest BCUT2D eigenvalue weighted by atomic mass is 10.1. The fraction of sp³-hybridized carbons (Fsp3) is 0.235. The Morgan fingerprint density at radius 2 is 1.86 bits per heavy atom. The van der Waals surface area contributed by atoms with E-state index in [2.05, 4.69) is 6.92 Å². The first kappa shape index (κ1) is 14.9. The number of carbonyl (C=O) groups is 1. The lowest BCUT2D eigenvalue weighted by Gasteiger charge is -2.12. The Labute approximate surface area is 124 Å². The molecule has 2 rings (SSSR count). The first-order valence-electron chi connectivity index (χ1n) is 7.07. The Morgan fingerprint density at radius 3 is 2.48 bits per heavy atom. The van der Waals surface area contributed by atoms with E-state index >= 15 is 0 Å². The molecule has 0 atom stereocenters. The van der Waals surface area contributed by atoms with Gasteiger partial charge >= 0.3 is 0 Å². The molecule has 0 saturated carbocycles. The molecule has 4 N–H and O–H groups in total. The van der Waals surface area contributed by atoms with Crippen LogP contribution in [0.15, 0.2) is 42.5 Å². The topological polar surface area (TPSA) is 78.3 Å². The van der Waals surface area contributed by atoms with Gasteiger partial charge in [0.2, 0.25) is 0 Å².